The number of carbonyl (C=O) groups excluding carboxylic acids is 2. The van der Waals surface area contributed by atoms with Gasteiger partial charge in [0.1, 0.15) is 18.9 Å². The average molecular weight is 236 g/mol. The Kier molecular flexibility index (Phi) is 4.81. The maximum Gasteiger partial charge on any atom is 0.306 e. The van der Waals surface area contributed by atoms with Crippen LogP contribution < -0.4 is 0 Å². The highest BCUT2D eigenvalue weighted by Gasteiger charge is 2.09. The zero-order valence-corrected chi connectivity index (χ0v) is 9.42. The summed E-state index contributed by atoms with van der Waals surface area (Å²) < 4.78 is 5.96. The van der Waals surface area contributed by atoms with Gasteiger partial charge in [0.2, 0.25) is 0 Å². The van der Waals surface area contributed by atoms with Gasteiger partial charge in [-0.25, -0.2) is 9.67 Å². The molecule has 0 radical (unpaired) electrons. The van der Waals surface area contributed by atoms with E-state index in [-0.39, 0.29) is 31.0 Å². The Hall–Kier alpha value is -2.23. The van der Waals surface area contributed by atoms with Crippen LogP contribution in [0.25, 0.3) is 0 Å². The smallest absolute Gasteiger partial charge is 0.306 e. The number of nitrogens with zero attached hydrogens (tertiary/aromatic N) is 4. The fraction of sp³-hybridized carbons (Fsp3) is 0.500. The number of aromatic nitrogens is 3. The Morgan fingerprint density at radius 3 is 2.88 bits per heavy atom. The van der Waals surface area contributed by atoms with E-state index in [1.54, 1.807) is 13.0 Å². The summed E-state index contributed by atoms with van der Waals surface area (Å²) in [5.41, 5.74) is 0. The molecule has 0 N–H and O–H groups in total. The van der Waals surface area contributed by atoms with Crippen molar-refractivity contribution in [2.24, 2.45) is 0 Å². The molecule has 0 amide bonds. The van der Waals surface area contributed by atoms with Crippen molar-refractivity contribution < 1.29 is 14.3 Å². The quantitative estimate of drug-likeness (QED) is 0.648. The molecule has 0 aliphatic carbocycles. The highest BCUT2D eigenvalue weighted by molar-refractivity contribution is 5.82. The van der Waals surface area contributed by atoms with E-state index in [2.05, 4.69) is 10.1 Å². The Morgan fingerprint density at radius 1 is 1.53 bits per heavy atom. The number of carbonyl (C=O) groups is 2. The number of esters is 1. The van der Waals surface area contributed by atoms with Gasteiger partial charge in [0.05, 0.1) is 13.0 Å². The normalized spacial score (nSPS) is 9.65. The largest absolute Gasteiger partial charge is 0.466 e. The molecule has 1 aromatic heterocycles. The molecule has 1 heterocycles. The minimum atomic E-state index is -0.392. The van der Waals surface area contributed by atoms with Crippen LogP contribution in [0.15, 0.2) is 6.33 Å². The topological polar surface area (TPSA) is 97.9 Å². The number of nitriles is 1. The Labute approximate surface area is 98.0 Å². The summed E-state index contributed by atoms with van der Waals surface area (Å²) in [7, 11) is 0. The molecule has 0 saturated carbocycles. The third kappa shape index (κ3) is 4.42. The monoisotopic (exact) mass is 236 g/mol. The van der Waals surface area contributed by atoms with Crippen molar-refractivity contribution in [3.05, 3.63) is 12.2 Å². The predicted octanol–water partition coefficient (Wildman–Crippen LogP) is 0.0622. The molecule has 0 fully saturated rings. The van der Waals surface area contributed by atoms with Crippen LogP contribution in [0.3, 0.4) is 0 Å². The first-order valence-electron chi connectivity index (χ1n) is 5.12. The van der Waals surface area contributed by atoms with Gasteiger partial charge in [0.15, 0.2) is 5.78 Å². The highest BCUT2D eigenvalue weighted by Crippen LogP contribution is 1.97. The van der Waals surface area contributed by atoms with E-state index < -0.39 is 5.97 Å². The van der Waals surface area contributed by atoms with Gasteiger partial charge in [-0.15, -0.1) is 5.10 Å². The second-order valence-corrected chi connectivity index (χ2v) is 3.22. The van der Waals surface area contributed by atoms with Gasteiger partial charge in [0, 0.05) is 6.42 Å². The van der Waals surface area contributed by atoms with E-state index in [4.69, 9.17) is 10.00 Å². The SMILES string of the molecule is CCOC(=O)CCC(=O)Cn1cnc(C#N)n1. The molecule has 1 rings (SSSR count). The lowest BCUT2D eigenvalue weighted by atomic mass is 10.2. The van der Waals surface area contributed by atoms with E-state index in [1.807, 2.05) is 0 Å². The summed E-state index contributed by atoms with van der Waals surface area (Å²) in [4.78, 5) is 26.1. The number of hydrogen-bond donors (Lipinski definition) is 0. The zero-order chi connectivity index (χ0) is 12.7. The van der Waals surface area contributed by atoms with E-state index in [0.717, 1.165) is 0 Å². The van der Waals surface area contributed by atoms with Crippen molar-refractivity contribution >= 4 is 11.8 Å². The minimum Gasteiger partial charge on any atom is -0.466 e. The second-order valence-electron chi connectivity index (χ2n) is 3.22. The molecule has 0 aliphatic rings. The van der Waals surface area contributed by atoms with Crippen LogP contribution in [0.1, 0.15) is 25.6 Å². The zero-order valence-electron chi connectivity index (χ0n) is 9.42. The maximum absolute atomic E-state index is 11.4. The van der Waals surface area contributed by atoms with Crippen molar-refractivity contribution in [2.45, 2.75) is 26.3 Å². The van der Waals surface area contributed by atoms with Gasteiger partial charge in [-0.3, -0.25) is 9.59 Å². The fourth-order valence-electron chi connectivity index (χ4n) is 1.16. The molecule has 0 bridgehead atoms. The molecule has 0 unspecified atom stereocenters. The van der Waals surface area contributed by atoms with E-state index in [9.17, 15) is 9.59 Å². The van der Waals surface area contributed by atoms with Gasteiger partial charge < -0.3 is 4.74 Å². The molecule has 7 heteroatoms. The van der Waals surface area contributed by atoms with Gasteiger partial charge in [-0.1, -0.05) is 0 Å². The van der Waals surface area contributed by atoms with E-state index in [1.165, 1.54) is 11.0 Å². The van der Waals surface area contributed by atoms with Crippen molar-refractivity contribution in [1.82, 2.24) is 14.8 Å². The van der Waals surface area contributed by atoms with Crippen molar-refractivity contribution in [2.75, 3.05) is 6.61 Å². The number of rotatable bonds is 6. The van der Waals surface area contributed by atoms with Crippen LogP contribution in [0.2, 0.25) is 0 Å². The summed E-state index contributed by atoms with van der Waals surface area (Å²) in [5, 5.41) is 12.2. The molecular weight excluding hydrogens is 224 g/mol. The molecule has 0 aliphatic heterocycles. The van der Waals surface area contributed by atoms with Crippen LogP contribution in [0.4, 0.5) is 0 Å². The number of Topliss-reactive ketones (excluding diaryl/α,β-unsaturated/α-hetero) is 1. The summed E-state index contributed by atoms with van der Waals surface area (Å²) in [6.45, 7) is 2.02. The molecule has 0 spiro atoms. The summed E-state index contributed by atoms with van der Waals surface area (Å²) in [5.74, 6) is -0.534. The van der Waals surface area contributed by atoms with Gasteiger partial charge in [0.25, 0.3) is 5.82 Å². The van der Waals surface area contributed by atoms with Gasteiger partial charge in [-0.2, -0.15) is 5.26 Å². The number of hydrogen-bond acceptors (Lipinski definition) is 6. The number of ether oxygens (including phenoxy) is 1. The van der Waals surface area contributed by atoms with Crippen LogP contribution in [-0.4, -0.2) is 33.1 Å². The molecular formula is C10H12N4O3. The van der Waals surface area contributed by atoms with Crippen molar-refractivity contribution in [3.63, 3.8) is 0 Å². The van der Waals surface area contributed by atoms with E-state index in [0.29, 0.717) is 6.61 Å². The second kappa shape index (κ2) is 6.37. The third-order valence-corrected chi connectivity index (χ3v) is 1.89. The van der Waals surface area contributed by atoms with E-state index >= 15 is 0 Å². The first-order valence-corrected chi connectivity index (χ1v) is 5.12. The molecule has 7 nitrogen and oxygen atoms in total. The molecule has 1 aromatic rings. The van der Waals surface area contributed by atoms with Gasteiger partial charge >= 0.3 is 5.97 Å². The van der Waals surface area contributed by atoms with Crippen LogP contribution in [0, 0.1) is 11.3 Å². The first-order chi connectivity index (χ1) is 8.15. The molecule has 0 saturated heterocycles. The van der Waals surface area contributed by atoms with Crippen LogP contribution >= 0.6 is 0 Å². The Bertz CT molecular complexity index is 447. The predicted molar refractivity (Wildman–Crippen MR) is 55.6 cm³/mol. The summed E-state index contributed by atoms with van der Waals surface area (Å²) >= 11 is 0. The number of ketones is 1. The van der Waals surface area contributed by atoms with Gasteiger partial charge in [-0.05, 0) is 6.92 Å². The molecule has 17 heavy (non-hydrogen) atoms. The Morgan fingerprint density at radius 2 is 2.29 bits per heavy atom. The molecule has 90 valence electrons. The maximum atomic E-state index is 11.4. The third-order valence-electron chi connectivity index (χ3n) is 1.89. The van der Waals surface area contributed by atoms with Crippen LogP contribution in [0.5, 0.6) is 0 Å². The first kappa shape index (κ1) is 12.8. The van der Waals surface area contributed by atoms with Crippen molar-refractivity contribution in [3.8, 4) is 6.07 Å². The lowest BCUT2D eigenvalue weighted by Gasteiger charge is -2.01. The summed E-state index contributed by atoms with van der Waals surface area (Å²) in [6.07, 6.45) is 1.47. The van der Waals surface area contributed by atoms with Crippen LogP contribution in [-0.2, 0) is 20.9 Å². The Balaban J connectivity index is 2.35. The average Bonchev–Trinajstić information content (AvgIpc) is 2.74. The summed E-state index contributed by atoms with van der Waals surface area (Å²) in [6, 6.07) is 1.76. The molecule has 0 aromatic carbocycles. The highest BCUT2D eigenvalue weighted by atomic mass is 16.5. The standard InChI is InChI=1S/C10H12N4O3/c1-2-17-10(16)4-3-8(15)6-14-7-12-9(5-11)13-14/h7H,2-4,6H2,1H3. The fourth-order valence-corrected chi connectivity index (χ4v) is 1.16. The lowest BCUT2D eigenvalue weighted by molar-refractivity contribution is -0.144. The minimum absolute atomic E-state index is 0.00802. The van der Waals surface area contributed by atoms with Crippen molar-refractivity contribution in [1.29, 1.82) is 5.26 Å². The lowest BCUT2D eigenvalue weighted by Crippen LogP contribution is -2.13. The molecule has 0 atom stereocenters.